The van der Waals surface area contributed by atoms with Gasteiger partial charge in [0.25, 0.3) is 10.2 Å². The van der Waals surface area contributed by atoms with E-state index in [2.05, 4.69) is 0 Å². The van der Waals surface area contributed by atoms with Crippen molar-refractivity contribution in [3.05, 3.63) is 0 Å². The molecule has 25 heavy (non-hydrogen) atoms. The minimum Gasteiger partial charge on any atom is -0.340 e. The fourth-order valence-corrected chi connectivity index (χ4v) is 4.72. The van der Waals surface area contributed by atoms with Gasteiger partial charge in [0.15, 0.2) is 0 Å². The molecule has 0 aliphatic carbocycles. The van der Waals surface area contributed by atoms with Crippen molar-refractivity contribution < 1.29 is 22.8 Å². The maximum atomic E-state index is 12.5. The molecule has 2 aliphatic heterocycles. The smallest absolute Gasteiger partial charge is 0.282 e. The summed E-state index contributed by atoms with van der Waals surface area (Å²) in [7, 11) is -3.48. The largest absolute Gasteiger partial charge is 0.340 e. The van der Waals surface area contributed by atoms with E-state index in [1.165, 1.54) is 8.61 Å². The van der Waals surface area contributed by atoms with Crippen LogP contribution in [0.1, 0.15) is 33.1 Å². The zero-order valence-electron chi connectivity index (χ0n) is 14.8. The summed E-state index contributed by atoms with van der Waals surface area (Å²) in [6.45, 7) is 5.67. The van der Waals surface area contributed by atoms with Gasteiger partial charge in [-0.2, -0.15) is 17.0 Å². The van der Waals surface area contributed by atoms with Crippen LogP contribution in [0.3, 0.4) is 0 Å². The van der Waals surface area contributed by atoms with Gasteiger partial charge >= 0.3 is 0 Å². The van der Waals surface area contributed by atoms with Gasteiger partial charge in [-0.3, -0.25) is 19.3 Å². The Kier molecular flexibility index (Phi) is 6.53. The summed E-state index contributed by atoms with van der Waals surface area (Å²) in [5, 5.41) is 0. The van der Waals surface area contributed by atoms with Crippen molar-refractivity contribution in [2.75, 3.05) is 45.8 Å². The third kappa shape index (κ3) is 4.36. The van der Waals surface area contributed by atoms with Crippen molar-refractivity contribution in [2.24, 2.45) is 0 Å². The maximum absolute atomic E-state index is 12.5. The van der Waals surface area contributed by atoms with Crippen LogP contribution in [0.2, 0.25) is 0 Å². The molecule has 0 saturated carbocycles. The number of hydrogen-bond acceptors (Lipinski definition) is 5. The number of imide groups is 1. The Hall–Kier alpha value is -1.52. The number of rotatable bonds is 7. The van der Waals surface area contributed by atoms with Crippen molar-refractivity contribution in [1.82, 2.24) is 18.4 Å². The highest BCUT2D eigenvalue weighted by molar-refractivity contribution is 7.86. The van der Waals surface area contributed by atoms with Crippen LogP contribution in [0.25, 0.3) is 0 Å². The average Bonchev–Trinajstić information content (AvgIpc) is 2.92. The number of nitrogens with zero attached hydrogens (tertiary/aromatic N) is 4. The second-order valence-electron chi connectivity index (χ2n) is 6.06. The number of amides is 3. The Morgan fingerprint density at radius 2 is 1.52 bits per heavy atom. The van der Waals surface area contributed by atoms with Crippen LogP contribution in [0.4, 0.5) is 0 Å². The van der Waals surface area contributed by atoms with Gasteiger partial charge in [-0.15, -0.1) is 0 Å². The molecule has 2 saturated heterocycles. The van der Waals surface area contributed by atoms with Crippen molar-refractivity contribution >= 4 is 27.9 Å². The quantitative estimate of drug-likeness (QED) is 0.547. The SMILES string of the molecule is CCN(CC)S(=O)(=O)N1CCN(C(=O)CCN2C(=O)CCC2=O)CC1. The number of carbonyl (C=O) groups is 3. The first kappa shape index (κ1) is 19.8. The van der Waals surface area contributed by atoms with Gasteiger partial charge in [-0.05, 0) is 0 Å². The lowest BCUT2D eigenvalue weighted by Crippen LogP contribution is -2.54. The number of likely N-dealkylation sites (tertiary alicyclic amines) is 1. The molecule has 3 amide bonds. The molecule has 0 aromatic heterocycles. The highest BCUT2D eigenvalue weighted by Gasteiger charge is 2.33. The summed E-state index contributed by atoms with van der Waals surface area (Å²) in [4.78, 5) is 38.1. The summed E-state index contributed by atoms with van der Waals surface area (Å²) in [6.07, 6.45) is 0.518. The molecule has 0 spiro atoms. The average molecular weight is 374 g/mol. The van der Waals surface area contributed by atoms with Crippen molar-refractivity contribution in [3.8, 4) is 0 Å². The van der Waals surface area contributed by atoms with Gasteiger partial charge in [0.2, 0.25) is 17.7 Å². The predicted octanol–water partition coefficient (Wildman–Crippen LogP) is -0.744. The molecule has 2 rings (SSSR count). The molecule has 0 N–H and O–H groups in total. The van der Waals surface area contributed by atoms with Crippen LogP contribution in [-0.4, -0.2) is 90.4 Å². The molecular weight excluding hydrogens is 348 g/mol. The maximum Gasteiger partial charge on any atom is 0.282 e. The summed E-state index contributed by atoms with van der Waals surface area (Å²) >= 11 is 0. The van der Waals surface area contributed by atoms with E-state index in [9.17, 15) is 22.8 Å². The molecule has 2 heterocycles. The zero-order chi connectivity index (χ0) is 18.6. The number of hydrogen-bond donors (Lipinski definition) is 0. The topological polar surface area (TPSA) is 98.3 Å². The molecule has 2 fully saturated rings. The normalized spacial score (nSPS) is 20.0. The van der Waals surface area contributed by atoms with E-state index < -0.39 is 10.2 Å². The Morgan fingerprint density at radius 3 is 2.00 bits per heavy atom. The van der Waals surface area contributed by atoms with E-state index >= 15 is 0 Å². The van der Waals surface area contributed by atoms with Crippen LogP contribution in [0, 0.1) is 0 Å². The minimum atomic E-state index is -3.48. The standard InChI is InChI=1S/C15H26N4O5S/c1-3-17(4-2)25(23,24)18-11-9-16(10-12-18)13(20)7-8-19-14(21)5-6-15(19)22/h3-12H2,1-2H3. The third-order valence-corrected chi connectivity index (χ3v) is 6.84. The minimum absolute atomic E-state index is 0.0836. The highest BCUT2D eigenvalue weighted by atomic mass is 32.2. The first-order valence-corrected chi connectivity index (χ1v) is 10.1. The predicted molar refractivity (Wildman–Crippen MR) is 90.6 cm³/mol. The van der Waals surface area contributed by atoms with E-state index in [1.54, 1.807) is 18.7 Å². The lowest BCUT2D eigenvalue weighted by molar-refractivity contribution is -0.139. The second-order valence-corrected chi connectivity index (χ2v) is 7.99. The highest BCUT2D eigenvalue weighted by Crippen LogP contribution is 2.15. The second kappa shape index (κ2) is 8.24. The van der Waals surface area contributed by atoms with Crippen LogP contribution < -0.4 is 0 Å². The molecule has 0 aromatic rings. The number of carbonyl (C=O) groups excluding carboxylic acids is 3. The first-order valence-electron chi connectivity index (χ1n) is 8.67. The summed E-state index contributed by atoms with van der Waals surface area (Å²) in [6, 6.07) is 0. The van der Waals surface area contributed by atoms with E-state index in [0.29, 0.717) is 26.2 Å². The summed E-state index contributed by atoms with van der Waals surface area (Å²) in [5.41, 5.74) is 0. The van der Waals surface area contributed by atoms with Crippen molar-refractivity contribution in [2.45, 2.75) is 33.1 Å². The van der Waals surface area contributed by atoms with E-state index in [4.69, 9.17) is 0 Å². The van der Waals surface area contributed by atoms with Gasteiger partial charge in [0.05, 0.1) is 0 Å². The lowest BCUT2D eigenvalue weighted by atomic mass is 10.3. The van der Waals surface area contributed by atoms with Crippen LogP contribution in [0.5, 0.6) is 0 Å². The summed E-state index contributed by atoms with van der Waals surface area (Å²) in [5.74, 6) is -0.617. The Morgan fingerprint density at radius 1 is 1.00 bits per heavy atom. The molecule has 0 aromatic carbocycles. The van der Waals surface area contributed by atoms with E-state index in [-0.39, 0.29) is 56.6 Å². The first-order chi connectivity index (χ1) is 11.8. The van der Waals surface area contributed by atoms with Gasteiger partial charge in [-0.1, -0.05) is 13.8 Å². The lowest BCUT2D eigenvalue weighted by Gasteiger charge is -2.36. The fraction of sp³-hybridized carbons (Fsp3) is 0.800. The molecule has 0 bridgehead atoms. The number of piperazine rings is 1. The zero-order valence-corrected chi connectivity index (χ0v) is 15.6. The van der Waals surface area contributed by atoms with Gasteiger partial charge in [-0.25, -0.2) is 0 Å². The molecular formula is C15H26N4O5S. The molecule has 9 nitrogen and oxygen atoms in total. The van der Waals surface area contributed by atoms with Crippen LogP contribution in [0.15, 0.2) is 0 Å². The van der Waals surface area contributed by atoms with Gasteiger partial charge in [0, 0.05) is 65.1 Å². The fourth-order valence-electron chi connectivity index (χ4n) is 3.12. The molecule has 0 radical (unpaired) electrons. The summed E-state index contributed by atoms with van der Waals surface area (Å²) < 4.78 is 27.7. The molecule has 0 atom stereocenters. The van der Waals surface area contributed by atoms with Crippen LogP contribution >= 0.6 is 0 Å². The Bertz CT molecular complexity index is 608. The van der Waals surface area contributed by atoms with Gasteiger partial charge in [0.1, 0.15) is 0 Å². The molecule has 142 valence electrons. The van der Waals surface area contributed by atoms with E-state index in [1.807, 2.05) is 0 Å². The van der Waals surface area contributed by atoms with Gasteiger partial charge < -0.3 is 4.90 Å². The Balaban J connectivity index is 1.84. The monoisotopic (exact) mass is 374 g/mol. The van der Waals surface area contributed by atoms with Crippen LogP contribution in [-0.2, 0) is 24.6 Å². The Labute approximate surface area is 148 Å². The third-order valence-electron chi connectivity index (χ3n) is 4.65. The molecule has 10 heteroatoms. The molecule has 0 unspecified atom stereocenters. The van der Waals surface area contributed by atoms with Crippen molar-refractivity contribution in [3.63, 3.8) is 0 Å². The van der Waals surface area contributed by atoms with E-state index in [0.717, 1.165) is 4.90 Å². The molecule has 2 aliphatic rings. The van der Waals surface area contributed by atoms with Crippen molar-refractivity contribution in [1.29, 1.82) is 0 Å².